The zero-order chi connectivity index (χ0) is 20.3. The lowest BCUT2D eigenvalue weighted by molar-refractivity contribution is -0.166. The Balaban J connectivity index is 1.61. The molecule has 4 fully saturated rings. The van der Waals surface area contributed by atoms with E-state index in [1.165, 1.54) is 12.8 Å². The van der Waals surface area contributed by atoms with Crippen LogP contribution in [0, 0.1) is 40.4 Å². The Morgan fingerprint density at radius 2 is 1.82 bits per heavy atom. The number of hydrogen-bond acceptors (Lipinski definition) is 4. The number of hydrazone groups is 1. The van der Waals surface area contributed by atoms with E-state index in [9.17, 15) is 15.0 Å². The van der Waals surface area contributed by atoms with Crippen molar-refractivity contribution in [3.8, 4) is 0 Å². The highest BCUT2D eigenvalue weighted by Gasteiger charge is 2.63. The van der Waals surface area contributed by atoms with E-state index in [2.05, 4.69) is 24.4 Å². The zero-order valence-corrected chi connectivity index (χ0v) is 17.5. The van der Waals surface area contributed by atoms with Gasteiger partial charge in [-0.05, 0) is 87.4 Å². The fraction of sp³-hybridized carbons (Fsp3) is 0.909. The summed E-state index contributed by atoms with van der Waals surface area (Å²) in [5.74, 6) is 2.46. The van der Waals surface area contributed by atoms with Crippen LogP contribution in [0.3, 0.4) is 0 Å². The third-order valence-electron chi connectivity index (χ3n) is 9.59. The summed E-state index contributed by atoms with van der Waals surface area (Å²) in [6.07, 6.45) is 7.84. The molecule has 0 aromatic heterocycles. The number of primary amides is 1. The minimum Gasteiger partial charge on any atom is -0.393 e. The van der Waals surface area contributed by atoms with Gasteiger partial charge in [0, 0.05) is 17.0 Å². The molecule has 6 nitrogen and oxygen atoms in total. The second-order valence-electron chi connectivity index (χ2n) is 10.6. The molecule has 4 aliphatic rings. The van der Waals surface area contributed by atoms with Crippen molar-refractivity contribution in [1.82, 2.24) is 5.43 Å². The summed E-state index contributed by atoms with van der Waals surface area (Å²) < 4.78 is 0. The van der Waals surface area contributed by atoms with E-state index in [1.807, 2.05) is 6.92 Å². The first-order valence-electron chi connectivity index (χ1n) is 11.1. The van der Waals surface area contributed by atoms with Gasteiger partial charge in [-0.15, -0.1) is 0 Å². The Hall–Kier alpha value is -1.14. The van der Waals surface area contributed by atoms with Crippen molar-refractivity contribution in [2.24, 2.45) is 51.3 Å². The Labute approximate surface area is 168 Å². The van der Waals surface area contributed by atoms with Gasteiger partial charge in [-0.3, -0.25) is 0 Å². The molecule has 28 heavy (non-hydrogen) atoms. The minimum absolute atomic E-state index is 0.138. The predicted octanol–water partition coefficient (Wildman–Crippen LogP) is 3.02. The highest BCUT2D eigenvalue weighted by Crippen LogP contribution is 2.67. The molecule has 0 heterocycles. The molecule has 0 radical (unpaired) electrons. The molecule has 9 unspecified atom stereocenters. The van der Waals surface area contributed by atoms with Crippen LogP contribution < -0.4 is 11.2 Å². The highest BCUT2D eigenvalue weighted by molar-refractivity contribution is 5.86. The molecule has 4 rings (SSSR count). The van der Waals surface area contributed by atoms with Gasteiger partial charge in [0.2, 0.25) is 0 Å². The standard InChI is InChI=1S/C22H37N3O3/c1-12(24-25-20(23)28)16-6-7-17-15-5-4-13-10-14(26)8-9-21(13,2)18(15)11-19(27)22(16,17)3/h13-19,26-27H,4-11H2,1-3H3,(H3,23,25,28). The molecule has 9 atom stereocenters. The summed E-state index contributed by atoms with van der Waals surface area (Å²) in [6, 6.07) is -0.644. The predicted molar refractivity (Wildman–Crippen MR) is 108 cm³/mol. The van der Waals surface area contributed by atoms with Gasteiger partial charge in [0.25, 0.3) is 0 Å². The van der Waals surface area contributed by atoms with E-state index in [-0.39, 0.29) is 29.0 Å². The molecule has 6 heteroatoms. The van der Waals surface area contributed by atoms with Crippen LogP contribution in [0.5, 0.6) is 0 Å². The van der Waals surface area contributed by atoms with Crippen molar-refractivity contribution in [3.05, 3.63) is 0 Å². The van der Waals surface area contributed by atoms with Gasteiger partial charge in [-0.2, -0.15) is 5.10 Å². The third-order valence-corrected chi connectivity index (χ3v) is 9.59. The number of fused-ring (bicyclic) bond motifs is 5. The number of aliphatic hydroxyl groups is 2. The van der Waals surface area contributed by atoms with Crippen LogP contribution in [0.15, 0.2) is 5.10 Å². The van der Waals surface area contributed by atoms with E-state index in [0.29, 0.717) is 23.7 Å². The fourth-order valence-electron chi connectivity index (χ4n) is 8.10. The first-order chi connectivity index (χ1) is 13.2. The smallest absolute Gasteiger partial charge is 0.332 e. The van der Waals surface area contributed by atoms with Crippen molar-refractivity contribution in [2.45, 2.75) is 84.3 Å². The monoisotopic (exact) mass is 391 g/mol. The summed E-state index contributed by atoms with van der Waals surface area (Å²) in [5, 5.41) is 25.8. The van der Waals surface area contributed by atoms with Gasteiger partial charge in [0.1, 0.15) is 0 Å². The maximum atomic E-state index is 11.4. The van der Waals surface area contributed by atoms with Crippen molar-refractivity contribution < 1.29 is 15.0 Å². The summed E-state index contributed by atoms with van der Waals surface area (Å²) in [7, 11) is 0. The summed E-state index contributed by atoms with van der Waals surface area (Å²) in [6.45, 7) is 6.64. The van der Waals surface area contributed by atoms with Crippen LogP contribution in [-0.4, -0.2) is 34.2 Å². The van der Waals surface area contributed by atoms with Crippen LogP contribution in [0.25, 0.3) is 0 Å². The Kier molecular flexibility index (Phi) is 5.02. The van der Waals surface area contributed by atoms with Crippen molar-refractivity contribution in [2.75, 3.05) is 0 Å². The molecular formula is C22H37N3O3. The first-order valence-corrected chi connectivity index (χ1v) is 11.1. The number of carbonyl (C=O) groups is 1. The maximum absolute atomic E-state index is 11.4. The molecule has 0 saturated heterocycles. The van der Waals surface area contributed by atoms with E-state index in [4.69, 9.17) is 5.73 Å². The second kappa shape index (κ2) is 6.98. The van der Waals surface area contributed by atoms with Crippen molar-refractivity contribution in [3.63, 3.8) is 0 Å². The van der Waals surface area contributed by atoms with Gasteiger partial charge in [0.05, 0.1) is 12.2 Å². The molecule has 0 bridgehead atoms. The highest BCUT2D eigenvalue weighted by atomic mass is 16.3. The number of carbonyl (C=O) groups excluding carboxylic acids is 1. The molecule has 0 aliphatic heterocycles. The van der Waals surface area contributed by atoms with Crippen LogP contribution in [0.2, 0.25) is 0 Å². The van der Waals surface area contributed by atoms with E-state index in [1.54, 1.807) is 0 Å². The number of nitrogens with two attached hydrogens (primary N) is 1. The topological polar surface area (TPSA) is 108 Å². The average Bonchev–Trinajstić information content (AvgIpc) is 3.00. The van der Waals surface area contributed by atoms with Crippen LogP contribution in [-0.2, 0) is 0 Å². The fourth-order valence-corrected chi connectivity index (χ4v) is 8.10. The van der Waals surface area contributed by atoms with Crippen molar-refractivity contribution >= 4 is 11.7 Å². The van der Waals surface area contributed by atoms with E-state index >= 15 is 0 Å². The minimum atomic E-state index is -0.644. The van der Waals surface area contributed by atoms with E-state index in [0.717, 1.165) is 44.2 Å². The van der Waals surface area contributed by atoms with Gasteiger partial charge in [0.15, 0.2) is 0 Å². The zero-order valence-electron chi connectivity index (χ0n) is 17.5. The lowest BCUT2D eigenvalue weighted by Gasteiger charge is -2.62. The lowest BCUT2D eigenvalue weighted by atomic mass is 9.44. The van der Waals surface area contributed by atoms with E-state index < -0.39 is 6.03 Å². The Morgan fingerprint density at radius 3 is 2.54 bits per heavy atom. The van der Waals surface area contributed by atoms with Gasteiger partial charge in [-0.1, -0.05) is 13.8 Å². The number of nitrogens with one attached hydrogen (secondary N) is 1. The van der Waals surface area contributed by atoms with Crippen LogP contribution >= 0.6 is 0 Å². The molecular weight excluding hydrogens is 354 g/mol. The first kappa shape index (κ1) is 20.1. The normalized spacial score (nSPS) is 51.0. The quantitative estimate of drug-likeness (QED) is 0.429. The van der Waals surface area contributed by atoms with Gasteiger partial charge >= 0.3 is 6.03 Å². The number of amides is 2. The van der Waals surface area contributed by atoms with Gasteiger partial charge in [-0.25, -0.2) is 10.2 Å². The summed E-state index contributed by atoms with van der Waals surface area (Å²) in [5.41, 5.74) is 8.49. The number of hydrogen-bond donors (Lipinski definition) is 4. The lowest BCUT2D eigenvalue weighted by Crippen LogP contribution is -2.59. The number of aliphatic hydroxyl groups excluding tert-OH is 2. The summed E-state index contributed by atoms with van der Waals surface area (Å²) >= 11 is 0. The van der Waals surface area contributed by atoms with Gasteiger partial charge < -0.3 is 15.9 Å². The third kappa shape index (κ3) is 2.90. The number of nitrogens with zero attached hydrogens (tertiary/aromatic N) is 1. The molecule has 5 N–H and O–H groups in total. The van der Waals surface area contributed by atoms with Crippen LogP contribution in [0.4, 0.5) is 4.79 Å². The number of urea groups is 1. The maximum Gasteiger partial charge on any atom is 0.332 e. The molecule has 4 saturated carbocycles. The largest absolute Gasteiger partial charge is 0.393 e. The molecule has 2 amide bonds. The molecule has 0 aromatic rings. The summed E-state index contributed by atoms with van der Waals surface area (Å²) in [4.78, 5) is 11.1. The molecule has 0 aromatic carbocycles. The Morgan fingerprint density at radius 1 is 1.07 bits per heavy atom. The molecule has 158 valence electrons. The molecule has 4 aliphatic carbocycles. The number of rotatable bonds is 2. The van der Waals surface area contributed by atoms with Crippen LogP contribution in [0.1, 0.15) is 72.1 Å². The average molecular weight is 392 g/mol. The van der Waals surface area contributed by atoms with Crippen molar-refractivity contribution in [1.29, 1.82) is 0 Å². The SMILES string of the molecule is CC(=NNC(N)=O)C1CCC2C3CCC4CC(O)CCC4(C)C3CC(O)C12C. The second-order valence-corrected chi connectivity index (χ2v) is 10.6. The Bertz CT molecular complexity index is 667. The molecule has 0 spiro atoms.